The molecule has 0 aromatic heterocycles. The van der Waals surface area contributed by atoms with Gasteiger partial charge in [0.05, 0.1) is 23.8 Å². The molecule has 8 nitrogen and oxygen atoms in total. The van der Waals surface area contributed by atoms with Crippen LogP contribution in [0.1, 0.15) is 51.1 Å². The molecule has 2 amide bonds. The van der Waals surface area contributed by atoms with E-state index in [1.165, 1.54) is 23.3 Å². The first-order chi connectivity index (χ1) is 24.2. The van der Waals surface area contributed by atoms with Gasteiger partial charge in [-0.15, -0.1) is 0 Å². The number of ether oxygens (including phenoxy) is 1. The summed E-state index contributed by atoms with van der Waals surface area (Å²) in [5.41, 5.74) is 5.38. The minimum atomic E-state index is -0.479. The number of aryl methyl sites for hydroxylation is 1. The Morgan fingerprint density at radius 1 is 0.860 bits per heavy atom. The van der Waals surface area contributed by atoms with Gasteiger partial charge >= 0.3 is 0 Å². The summed E-state index contributed by atoms with van der Waals surface area (Å²) in [7, 11) is 0. The molecule has 10 heteroatoms. The topological polar surface area (TPSA) is 68.4 Å². The number of nitrogens with one attached hydrogen (secondary N) is 1. The van der Waals surface area contributed by atoms with E-state index in [1.54, 1.807) is 31.2 Å². The van der Waals surface area contributed by atoms with Crippen molar-refractivity contribution in [3.05, 3.63) is 105 Å². The third kappa shape index (κ3) is 7.98. The number of halogens is 2. The average Bonchev–Trinajstić information content (AvgIpc) is 3.43. The van der Waals surface area contributed by atoms with Crippen LogP contribution in [0.3, 0.4) is 0 Å². The highest BCUT2D eigenvalue weighted by atomic mass is 35.5. The number of hydrogen-bond donors (Lipinski definition) is 1. The molecule has 3 aromatic carbocycles. The SMILES string of the molecule is Cc1ccc(F)cc1C(=O)Nc1ccc(C(=O)N2CCC3(C=C(CN4CCN(CCN5CCOCC5)CC4)CC3)Cc3ccccc32)c(Cl)c1. The molecule has 3 aromatic rings. The van der Waals surface area contributed by atoms with E-state index >= 15 is 0 Å². The number of fused-ring (bicyclic) bond motifs is 1. The molecule has 1 atom stereocenters. The van der Waals surface area contributed by atoms with Crippen LogP contribution in [-0.4, -0.2) is 105 Å². The fourth-order valence-electron chi connectivity index (χ4n) is 8.02. The maximum absolute atomic E-state index is 14.1. The van der Waals surface area contributed by atoms with Gasteiger partial charge in [0, 0.05) is 82.4 Å². The summed E-state index contributed by atoms with van der Waals surface area (Å²) in [5.74, 6) is -1.07. The summed E-state index contributed by atoms with van der Waals surface area (Å²) in [6, 6.07) is 17.3. The molecular formula is C40H47ClFN5O3. The van der Waals surface area contributed by atoms with E-state index in [1.807, 2.05) is 17.0 Å². The second-order valence-corrected chi connectivity index (χ2v) is 14.8. The lowest BCUT2D eigenvalue weighted by molar-refractivity contribution is 0.0302. The molecule has 0 saturated carbocycles. The van der Waals surface area contributed by atoms with Gasteiger partial charge in [-0.05, 0) is 85.5 Å². The van der Waals surface area contributed by atoms with Crippen LogP contribution < -0.4 is 10.2 Å². The van der Waals surface area contributed by atoms with Crippen LogP contribution in [0.25, 0.3) is 0 Å². The molecule has 0 radical (unpaired) electrons. The lowest BCUT2D eigenvalue weighted by Gasteiger charge is -2.36. The van der Waals surface area contributed by atoms with E-state index in [-0.39, 0.29) is 21.9 Å². The second-order valence-electron chi connectivity index (χ2n) is 14.4. The number of anilines is 2. The van der Waals surface area contributed by atoms with Crippen molar-refractivity contribution in [2.24, 2.45) is 5.41 Å². The lowest BCUT2D eigenvalue weighted by atomic mass is 9.79. The Kier molecular flexibility index (Phi) is 10.7. The number of rotatable bonds is 8. The van der Waals surface area contributed by atoms with Crippen LogP contribution in [0.4, 0.5) is 15.8 Å². The minimum Gasteiger partial charge on any atom is -0.379 e. The molecule has 2 fully saturated rings. The van der Waals surface area contributed by atoms with Crippen molar-refractivity contribution in [2.45, 2.75) is 32.6 Å². The third-order valence-electron chi connectivity index (χ3n) is 11.0. The van der Waals surface area contributed by atoms with Gasteiger partial charge in [-0.25, -0.2) is 4.39 Å². The Morgan fingerprint density at radius 3 is 2.38 bits per heavy atom. The van der Waals surface area contributed by atoms with Gasteiger partial charge in [0.1, 0.15) is 5.82 Å². The smallest absolute Gasteiger partial charge is 0.259 e. The monoisotopic (exact) mass is 699 g/mol. The molecule has 7 rings (SSSR count). The maximum Gasteiger partial charge on any atom is 0.259 e. The van der Waals surface area contributed by atoms with Gasteiger partial charge in [-0.3, -0.25) is 24.3 Å². The zero-order valence-corrected chi connectivity index (χ0v) is 29.7. The summed E-state index contributed by atoms with van der Waals surface area (Å²) in [4.78, 5) is 36.6. The summed E-state index contributed by atoms with van der Waals surface area (Å²) >= 11 is 6.71. The number of benzene rings is 3. The molecule has 1 N–H and O–H groups in total. The number of carbonyl (C=O) groups excluding carboxylic acids is 2. The molecule has 264 valence electrons. The second kappa shape index (κ2) is 15.3. The number of nitrogens with zero attached hydrogens (tertiary/aromatic N) is 4. The molecule has 3 heterocycles. The molecule has 50 heavy (non-hydrogen) atoms. The normalized spacial score (nSPS) is 21.9. The fraction of sp³-hybridized carbons (Fsp3) is 0.450. The first-order valence-electron chi connectivity index (χ1n) is 18.0. The summed E-state index contributed by atoms with van der Waals surface area (Å²) in [5, 5.41) is 3.05. The summed E-state index contributed by atoms with van der Waals surface area (Å²) < 4.78 is 19.3. The van der Waals surface area contributed by atoms with Crippen LogP contribution in [0.5, 0.6) is 0 Å². The Bertz CT molecular complexity index is 1750. The van der Waals surface area contributed by atoms with Crippen LogP contribution >= 0.6 is 11.6 Å². The predicted octanol–water partition coefficient (Wildman–Crippen LogP) is 6.29. The van der Waals surface area contributed by atoms with Gasteiger partial charge in [0.25, 0.3) is 11.8 Å². The number of amides is 2. The van der Waals surface area contributed by atoms with Crippen molar-refractivity contribution in [1.29, 1.82) is 0 Å². The first kappa shape index (κ1) is 34.8. The Hall–Kier alpha value is -3.60. The summed E-state index contributed by atoms with van der Waals surface area (Å²) in [6.07, 6.45) is 6.53. The van der Waals surface area contributed by atoms with Crippen molar-refractivity contribution in [1.82, 2.24) is 14.7 Å². The highest BCUT2D eigenvalue weighted by Crippen LogP contribution is 2.46. The number of para-hydroxylation sites is 1. The van der Waals surface area contributed by atoms with E-state index in [4.69, 9.17) is 16.3 Å². The summed E-state index contributed by atoms with van der Waals surface area (Å²) in [6.45, 7) is 13.9. The largest absolute Gasteiger partial charge is 0.379 e. The number of morpholine rings is 1. The lowest BCUT2D eigenvalue weighted by Crippen LogP contribution is -2.49. The number of carbonyl (C=O) groups is 2. The molecule has 4 aliphatic rings. The Balaban J connectivity index is 0.989. The molecule has 0 bridgehead atoms. The van der Waals surface area contributed by atoms with Crippen molar-refractivity contribution in [3.63, 3.8) is 0 Å². The van der Waals surface area contributed by atoms with Gasteiger partial charge < -0.3 is 15.0 Å². The number of piperazine rings is 1. The fourth-order valence-corrected chi connectivity index (χ4v) is 8.28. The van der Waals surface area contributed by atoms with Gasteiger partial charge in [0.15, 0.2) is 0 Å². The van der Waals surface area contributed by atoms with E-state index in [2.05, 4.69) is 38.2 Å². The van der Waals surface area contributed by atoms with E-state index < -0.39 is 11.7 Å². The minimum absolute atomic E-state index is 0.0213. The zero-order valence-electron chi connectivity index (χ0n) is 28.9. The van der Waals surface area contributed by atoms with Gasteiger partial charge in [0.2, 0.25) is 0 Å². The predicted molar refractivity (Wildman–Crippen MR) is 197 cm³/mol. The Morgan fingerprint density at radius 2 is 1.60 bits per heavy atom. The molecular weight excluding hydrogens is 653 g/mol. The number of allylic oxidation sites excluding steroid dienone is 1. The number of hydrogen-bond acceptors (Lipinski definition) is 6. The van der Waals surface area contributed by atoms with Crippen molar-refractivity contribution < 1.29 is 18.7 Å². The first-order valence-corrected chi connectivity index (χ1v) is 18.4. The van der Waals surface area contributed by atoms with Gasteiger partial charge in [-0.1, -0.05) is 47.5 Å². The van der Waals surface area contributed by atoms with Crippen LogP contribution in [0, 0.1) is 18.2 Å². The van der Waals surface area contributed by atoms with Crippen LogP contribution in [-0.2, 0) is 11.2 Å². The Labute approximate surface area is 299 Å². The van der Waals surface area contributed by atoms with E-state index in [9.17, 15) is 14.0 Å². The zero-order chi connectivity index (χ0) is 34.7. The van der Waals surface area contributed by atoms with E-state index in [0.29, 0.717) is 23.4 Å². The molecule has 1 aliphatic carbocycles. The standard InChI is InChI=1S/C40H47ClFN5O3/c1-29-6-7-32(42)24-35(29)38(48)43-33-8-9-34(36(41)25-33)39(49)47-13-12-40(27-31-4-2-3-5-37(31)47)11-10-30(26-40)28-46-18-16-44(17-19-46)14-15-45-20-22-50-23-21-45/h2-9,24-26H,10-23,27-28H2,1H3,(H,43,48). The highest BCUT2D eigenvalue weighted by Gasteiger charge is 2.38. The molecule has 2 saturated heterocycles. The quantitative estimate of drug-likeness (QED) is 0.279. The van der Waals surface area contributed by atoms with Crippen molar-refractivity contribution in [3.8, 4) is 0 Å². The third-order valence-corrected chi connectivity index (χ3v) is 11.3. The molecule has 3 aliphatic heterocycles. The average molecular weight is 700 g/mol. The molecule has 1 spiro atoms. The highest BCUT2D eigenvalue weighted by molar-refractivity contribution is 6.35. The van der Waals surface area contributed by atoms with Gasteiger partial charge in [-0.2, -0.15) is 0 Å². The van der Waals surface area contributed by atoms with Crippen LogP contribution in [0.15, 0.2) is 72.3 Å². The van der Waals surface area contributed by atoms with E-state index in [0.717, 1.165) is 103 Å². The molecule has 1 unspecified atom stereocenters. The maximum atomic E-state index is 14.1. The van der Waals surface area contributed by atoms with Crippen molar-refractivity contribution in [2.75, 3.05) is 88.9 Å². The van der Waals surface area contributed by atoms with Crippen LogP contribution in [0.2, 0.25) is 5.02 Å². The van der Waals surface area contributed by atoms with Crippen molar-refractivity contribution >= 4 is 34.8 Å².